The molecule has 0 bridgehead atoms. The number of aliphatic hydroxyl groups is 1. The van der Waals surface area contributed by atoms with Crippen LogP contribution in [0.15, 0.2) is 12.1 Å². The molecule has 1 fully saturated rings. The monoisotopic (exact) mass is 281 g/mol. The molecule has 1 aliphatic carbocycles. The summed E-state index contributed by atoms with van der Waals surface area (Å²) in [6, 6.07) is 4.10. The molecule has 4 heteroatoms. The molecule has 0 spiro atoms. The normalized spacial score (nSPS) is 23.8. The summed E-state index contributed by atoms with van der Waals surface area (Å²) in [4.78, 5) is 16.3. The van der Waals surface area contributed by atoms with E-state index >= 15 is 0 Å². The maximum atomic E-state index is 12.2. The maximum absolute atomic E-state index is 12.2. The summed E-state index contributed by atoms with van der Waals surface area (Å²) in [5.74, 6) is 0.171. The first-order valence-electron chi connectivity index (χ1n) is 7.12. The van der Waals surface area contributed by atoms with Gasteiger partial charge in [-0.05, 0) is 38.4 Å². The molecule has 1 N–H and O–H groups in total. The zero-order valence-corrected chi connectivity index (χ0v) is 12.6. The van der Waals surface area contributed by atoms with Gasteiger partial charge in [-0.25, -0.2) is 0 Å². The lowest BCUT2D eigenvalue weighted by Gasteiger charge is -2.34. The molecule has 2 unspecified atom stereocenters. The highest BCUT2D eigenvalue weighted by atomic mass is 32.1. The fraction of sp³-hybridized carbons (Fsp3) is 0.667. The van der Waals surface area contributed by atoms with Crippen molar-refractivity contribution in [1.82, 2.24) is 4.90 Å². The second-order valence-corrected chi connectivity index (χ2v) is 6.55. The van der Waals surface area contributed by atoms with Gasteiger partial charge < -0.3 is 5.11 Å². The van der Waals surface area contributed by atoms with E-state index < -0.39 is 0 Å². The third kappa shape index (κ3) is 3.65. The SMILES string of the molecule is CCc1ccc(C(=O)CN(C)C2CCCCC2O)s1. The molecule has 2 atom stereocenters. The topological polar surface area (TPSA) is 40.5 Å². The number of hydrogen-bond donors (Lipinski definition) is 1. The highest BCUT2D eigenvalue weighted by Gasteiger charge is 2.27. The van der Waals surface area contributed by atoms with Crippen LogP contribution in [-0.4, -0.2) is 41.5 Å². The van der Waals surface area contributed by atoms with Crippen LogP contribution in [0.1, 0.15) is 47.2 Å². The van der Waals surface area contributed by atoms with Crippen LogP contribution in [-0.2, 0) is 6.42 Å². The molecule has 0 amide bonds. The van der Waals surface area contributed by atoms with Gasteiger partial charge in [-0.15, -0.1) is 11.3 Å². The van der Waals surface area contributed by atoms with Crippen LogP contribution in [0.4, 0.5) is 0 Å². The van der Waals surface area contributed by atoms with Gasteiger partial charge >= 0.3 is 0 Å². The largest absolute Gasteiger partial charge is 0.391 e. The van der Waals surface area contributed by atoms with Gasteiger partial charge in [-0.3, -0.25) is 9.69 Å². The number of thiophene rings is 1. The summed E-state index contributed by atoms with van der Waals surface area (Å²) < 4.78 is 0. The van der Waals surface area contributed by atoms with Crippen molar-refractivity contribution in [3.05, 3.63) is 21.9 Å². The van der Waals surface area contributed by atoms with E-state index in [2.05, 4.69) is 6.92 Å². The molecule has 0 aliphatic heterocycles. The predicted molar refractivity (Wildman–Crippen MR) is 78.9 cm³/mol. The van der Waals surface area contributed by atoms with E-state index in [0.29, 0.717) is 6.54 Å². The van der Waals surface area contributed by atoms with E-state index in [1.165, 1.54) is 4.88 Å². The highest BCUT2D eigenvalue weighted by Crippen LogP contribution is 2.23. The molecule has 0 aromatic carbocycles. The Balaban J connectivity index is 1.94. The second-order valence-electron chi connectivity index (χ2n) is 5.38. The molecule has 2 rings (SSSR count). The Bertz CT molecular complexity index is 430. The van der Waals surface area contributed by atoms with Crippen molar-refractivity contribution in [3.8, 4) is 0 Å². The van der Waals surface area contributed by atoms with Crippen molar-refractivity contribution < 1.29 is 9.90 Å². The Morgan fingerprint density at radius 3 is 2.79 bits per heavy atom. The number of carbonyl (C=O) groups excluding carboxylic acids is 1. The summed E-state index contributed by atoms with van der Waals surface area (Å²) in [5.41, 5.74) is 0. The lowest BCUT2D eigenvalue weighted by Crippen LogP contribution is -2.45. The number of ketones is 1. The summed E-state index contributed by atoms with van der Waals surface area (Å²) >= 11 is 1.59. The molecule has 1 aromatic rings. The van der Waals surface area contributed by atoms with Gasteiger partial charge in [0.15, 0.2) is 5.78 Å². The molecule has 106 valence electrons. The maximum Gasteiger partial charge on any atom is 0.186 e. The Hall–Kier alpha value is -0.710. The second kappa shape index (κ2) is 6.64. The molecule has 1 heterocycles. The van der Waals surface area contributed by atoms with E-state index in [0.717, 1.165) is 37.0 Å². The van der Waals surface area contributed by atoms with Crippen molar-refractivity contribution in [3.63, 3.8) is 0 Å². The third-order valence-electron chi connectivity index (χ3n) is 3.94. The number of aliphatic hydroxyl groups excluding tert-OH is 1. The minimum Gasteiger partial charge on any atom is -0.391 e. The number of Topliss-reactive ketones (excluding diaryl/α,β-unsaturated/α-hetero) is 1. The van der Waals surface area contributed by atoms with Gasteiger partial charge in [-0.1, -0.05) is 19.8 Å². The average molecular weight is 281 g/mol. The van der Waals surface area contributed by atoms with Crippen molar-refractivity contribution >= 4 is 17.1 Å². The van der Waals surface area contributed by atoms with Crippen LogP contribution >= 0.6 is 11.3 Å². The highest BCUT2D eigenvalue weighted by molar-refractivity contribution is 7.14. The van der Waals surface area contributed by atoms with Gasteiger partial charge in [0.25, 0.3) is 0 Å². The van der Waals surface area contributed by atoms with E-state index in [9.17, 15) is 9.90 Å². The van der Waals surface area contributed by atoms with Gasteiger partial charge in [0.05, 0.1) is 17.5 Å². The summed E-state index contributed by atoms with van der Waals surface area (Å²) in [7, 11) is 1.95. The Morgan fingerprint density at radius 2 is 2.16 bits per heavy atom. The molecular formula is C15H23NO2S. The Morgan fingerprint density at radius 1 is 1.42 bits per heavy atom. The van der Waals surface area contributed by atoms with E-state index in [-0.39, 0.29) is 17.9 Å². The van der Waals surface area contributed by atoms with Crippen LogP contribution in [0.5, 0.6) is 0 Å². The van der Waals surface area contributed by atoms with Crippen LogP contribution in [0, 0.1) is 0 Å². The minimum absolute atomic E-state index is 0.142. The molecule has 3 nitrogen and oxygen atoms in total. The molecule has 1 saturated carbocycles. The number of nitrogens with zero attached hydrogens (tertiary/aromatic N) is 1. The lowest BCUT2D eigenvalue weighted by molar-refractivity contribution is 0.0323. The number of rotatable bonds is 5. The van der Waals surface area contributed by atoms with E-state index in [1.807, 2.05) is 24.1 Å². The van der Waals surface area contributed by atoms with Crippen molar-refractivity contribution in [1.29, 1.82) is 0 Å². The molecule has 1 aliphatic rings. The number of aryl methyl sites for hydroxylation is 1. The van der Waals surface area contributed by atoms with Gasteiger partial charge in [-0.2, -0.15) is 0 Å². The number of likely N-dealkylation sites (N-methyl/N-ethyl adjacent to an activating group) is 1. The van der Waals surface area contributed by atoms with E-state index in [1.54, 1.807) is 11.3 Å². The van der Waals surface area contributed by atoms with Gasteiger partial charge in [0.1, 0.15) is 0 Å². The molecule has 1 aromatic heterocycles. The summed E-state index contributed by atoms with van der Waals surface area (Å²) in [6.07, 6.45) is 4.82. The van der Waals surface area contributed by atoms with Gasteiger partial charge in [0, 0.05) is 10.9 Å². The van der Waals surface area contributed by atoms with Crippen molar-refractivity contribution in [2.24, 2.45) is 0 Å². The predicted octanol–water partition coefficient (Wildman–Crippen LogP) is 2.73. The van der Waals surface area contributed by atoms with Gasteiger partial charge in [0.2, 0.25) is 0 Å². The fourth-order valence-electron chi connectivity index (χ4n) is 2.75. The number of hydrogen-bond acceptors (Lipinski definition) is 4. The first-order valence-corrected chi connectivity index (χ1v) is 7.93. The number of carbonyl (C=O) groups is 1. The lowest BCUT2D eigenvalue weighted by atomic mass is 9.91. The third-order valence-corrected chi connectivity index (χ3v) is 5.21. The zero-order valence-electron chi connectivity index (χ0n) is 11.8. The standard InChI is InChI=1S/C15H23NO2S/c1-3-11-8-9-15(19-11)14(18)10-16(2)12-6-4-5-7-13(12)17/h8-9,12-13,17H,3-7,10H2,1-2H3. The smallest absolute Gasteiger partial charge is 0.186 e. The average Bonchev–Trinajstić information content (AvgIpc) is 2.88. The molecule has 0 saturated heterocycles. The van der Waals surface area contributed by atoms with Crippen LogP contribution in [0.2, 0.25) is 0 Å². The zero-order chi connectivity index (χ0) is 13.8. The molecule has 0 radical (unpaired) electrons. The van der Waals surface area contributed by atoms with Crippen LogP contribution in [0.25, 0.3) is 0 Å². The van der Waals surface area contributed by atoms with Crippen LogP contribution < -0.4 is 0 Å². The fourth-order valence-corrected chi connectivity index (χ4v) is 3.62. The van der Waals surface area contributed by atoms with Crippen LogP contribution in [0.3, 0.4) is 0 Å². The minimum atomic E-state index is -0.277. The molecular weight excluding hydrogens is 258 g/mol. The Labute approximate surface area is 119 Å². The summed E-state index contributed by atoms with van der Waals surface area (Å²) in [5, 5.41) is 10.0. The first-order chi connectivity index (χ1) is 9.11. The van der Waals surface area contributed by atoms with Crippen molar-refractivity contribution in [2.45, 2.75) is 51.2 Å². The quantitative estimate of drug-likeness (QED) is 0.844. The summed E-state index contributed by atoms with van der Waals surface area (Å²) in [6.45, 7) is 2.51. The Kier molecular flexibility index (Phi) is 5.13. The molecule has 19 heavy (non-hydrogen) atoms. The first kappa shape index (κ1) is 14.7. The van der Waals surface area contributed by atoms with Crippen molar-refractivity contribution in [2.75, 3.05) is 13.6 Å². The van der Waals surface area contributed by atoms with E-state index in [4.69, 9.17) is 0 Å².